The lowest BCUT2D eigenvalue weighted by molar-refractivity contribution is 0.0700. The van der Waals surface area contributed by atoms with Gasteiger partial charge in [-0.3, -0.25) is 9.20 Å². The van der Waals surface area contributed by atoms with Crippen LogP contribution in [0, 0.1) is 25.7 Å². The molecule has 6 aromatic rings. The quantitative estimate of drug-likeness (QED) is 0.239. The monoisotopic (exact) mass is 600 g/mol. The maximum atomic E-state index is 13.7. The fourth-order valence-corrected chi connectivity index (χ4v) is 7.88. The normalized spacial score (nSPS) is 21.2. The number of methoxy groups -OCH3 is 1. The summed E-state index contributed by atoms with van der Waals surface area (Å²) >= 11 is 0. The molecule has 3 fully saturated rings. The van der Waals surface area contributed by atoms with Gasteiger partial charge in [-0.15, -0.1) is 10.2 Å². The molecule has 9 rings (SSSR count). The van der Waals surface area contributed by atoms with E-state index in [9.17, 15) is 4.79 Å². The van der Waals surface area contributed by atoms with Crippen molar-refractivity contribution in [1.29, 1.82) is 0 Å². The lowest BCUT2D eigenvalue weighted by Crippen LogP contribution is -2.41. The van der Waals surface area contributed by atoms with Gasteiger partial charge in [-0.1, -0.05) is 12.1 Å². The van der Waals surface area contributed by atoms with E-state index in [1.807, 2.05) is 34.6 Å². The summed E-state index contributed by atoms with van der Waals surface area (Å²) in [6.45, 7) is 5.70. The molecular formula is C36H36N6O3. The van der Waals surface area contributed by atoms with Crippen LogP contribution in [0.3, 0.4) is 0 Å². The van der Waals surface area contributed by atoms with Crippen LogP contribution in [0.5, 0.6) is 5.75 Å². The van der Waals surface area contributed by atoms with E-state index in [1.165, 1.54) is 18.4 Å². The number of amides is 1. The maximum absolute atomic E-state index is 13.7. The summed E-state index contributed by atoms with van der Waals surface area (Å²) in [5.41, 5.74) is 14.0. The number of hydrogen-bond donors (Lipinski definition) is 1. The van der Waals surface area contributed by atoms with Crippen molar-refractivity contribution in [3.05, 3.63) is 71.7 Å². The number of aromatic nitrogens is 4. The maximum Gasteiger partial charge on any atom is 0.254 e. The standard InChI is InChI=1S/C36H36N6O3/c1-19-33-30(44-3)14-26(36(43)42-18-25-8-9-27(42)34(25)37)15-31(33)45-35(19)29-13-24-7-6-22(12-28(24)41(29)17-21-4-5-21)23-10-11-40-20(2)38-39-32(40)16-23/h6-7,10-16,21,25,27,34H,4-5,8-9,17-18,37H2,1-3H3/t25?,27?,34-/m1/s1. The molecule has 9 heteroatoms. The van der Waals surface area contributed by atoms with Gasteiger partial charge in [-0.05, 0) is 98.9 Å². The molecule has 9 nitrogen and oxygen atoms in total. The van der Waals surface area contributed by atoms with Gasteiger partial charge in [0.2, 0.25) is 0 Å². The SMILES string of the molecule is COc1cc(C(=O)N2CC3CCC2[C@@H]3N)cc2oc(-c3cc4ccc(-c5ccn6c(C)nnc6c5)cc4n3CC3CC3)c(C)c12. The molecule has 1 amide bonds. The average molecular weight is 601 g/mol. The number of likely N-dealkylation sites (tertiary alicyclic amines) is 1. The Kier molecular flexibility index (Phi) is 5.75. The van der Waals surface area contributed by atoms with Crippen molar-refractivity contribution < 1.29 is 13.9 Å². The number of benzene rings is 2. The molecule has 3 aliphatic rings. The molecule has 2 saturated carbocycles. The van der Waals surface area contributed by atoms with Gasteiger partial charge in [0.1, 0.15) is 17.2 Å². The first kappa shape index (κ1) is 26.7. The van der Waals surface area contributed by atoms with Crippen LogP contribution in [-0.2, 0) is 6.54 Å². The van der Waals surface area contributed by atoms with Gasteiger partial charge in [-0.2, -0.15) is 0 Å². The average Bonchev–Trinajstić information content (AvgIpc) is 3.26. The lowest BCUT2D eigenvalue weighted by Gasteiger charge is -2.27. The third-order valence-electron chi connectivity index (χ3n) is 10.6. The molecule has 2 aliphatic carbocycles. The molecular weight excluding hydrogens is 564 g/mol. The number of rotatable bonds is 6. The highest BCUT2D eigenvalue weighted by Gasteiger charge is 2.47. The number of nitrogens with two attached hydrogens (primary N) is 1. The van der Waals surface area contributed by atoms with Crippen molar-refractivity contribution in [3.63, 3.8) is 0 Å². The minimum Gasteiger partial charge on any atom is -0.496 e. The number of aryl methyl sites for hydroxylation is 2. The second-order valence-electron chi connectivity index (χ2n) is 13.3. The number of carbonyl (C=O) groups is 1. The van der Waals surface area contributed by atoms with E-state index >= 15 is 0 Å². The van der Waals surface area contributed by atoms with E-state index in [4.69, 9.17) is 14.9 Å². The molecule has 3 atom stereocenters. The van der Waals surface area contributed by atoms with Gasteiger partial charge in [0.25, 0.3) is 5.91 Å². The number of ether oxygens (including phenoxy) is 1. The zero-order valence-corrected chi connectivity index (χ0v) is 25.8. The van der Waals surface area contributed by atoms with E-state index < -0.39 is 0 Å². The minimum atomic E-state index is 0.00306. The summed E-state index contributed by atoms with van der Waals surface area (Å²) in [4.78, 5) is 15.7. The van der Waals surface area contributed by atoms with E-state index in [0.29, 0.717) is 28.7 Å². The van der Waals surface area contributed by atoms with Crippen LogP contribution in [0.2, 0.25) is 0 Å². The number of hydrogen-bond acceptors (Lipinski definition) is 6. The number of piperidine rings is 1. The number of pyridine rings is 1. The number of nitrogens with zero attached hydrogens (tertiary/aromatic N) is 5. The van der Waals surface area contributed by atoms with Crippen LogP contribution >= 0.6 is 0 Å². The largest absolute Gasteiger partial charge is 0.496 e. The van der Waals surface area contributed by atoms with E-state index in [0.717, 1.165) is 76.3 Å². The molecule has 4 aromatic heterocycles. The van der Waals surface area contributed by atoms with Gasteiger partial charge in [0.15, 0.2) is 11.4 Å². The lowest BCUT2D eigenvalue weighted by atomic mass is 10.0. The Morgan fingerprint density at radius 3 is 2.62 bits per heavy atom. The Morgan fingerprint density at radius 1 is 1.02 bits per heavy atom. The Morgan fingerprint density at radius 2 is 1.87 bits per heavy atom. The molecule has 2 bridgehead atoms. The summed E-state index contributed by atoms with van der Waals surface area (Å²) in [5.74, 6) is 3.40. The van der Waals surface area contributed by atoms with Crippen molar-refractivity contribution in [2.45, 2.75) is 58.2 Å². The summed E-state index contributed by atoms with van der Waals surface area (Å²) in [6.07, 6.45) is 6.59. The molecule has 2 aromatic carbocycles. The summed E-state index contributed by atoms with van der Waals surface area (Å²) < 4.78 is 17.0. The van der Waals surface area contributed by atoms with Gasteiger partial charge >= 0.3 is 0 Å². The highest BCUT2D eigenvalue weighted by Crippen LogP contribution is 2.44. The number of carbonyl (C=O) groups excluding carboxylic acids is 1. The topological polar surface area (TPSA) is 104 Å². The molecule has 228 valence electrons. The molecule has 2 unspecified atom stereocenters. The Bertz CT molecular complexity index is 2170. The molecule has 5 heterocycles. The molecule has 1 aliphatic heterocycles. The Labute approximate surface area is 260 Å². The Balaban J connectivity index is 1.15. The van der Waals surface area contributed by atoms with Gasteiger partial charge < -0.3 is 24.4 Å². The second kappa shape index (κ2) is 9.68. The van der Waals surface area contributed by atoms with E-state index in [-0.39, 0.29) is 18.0 Å². The smallest absolute Gasteiger partial charge is 0.254 e. The van der Waals surface area contributed by atoms with Gasteiger partial charge in [-0.25, -0.2) is 0 Å². The first-order valence-corrected chi connectivity index (χ1v) is 16.0. The number of furan rings is 1. The fourth-order valence-electron chi connectivity index (χ4n) is 7.88. The first-order chi connectivity index (χ1) is 21.9. The predicted octanol–water partition coefficient (Wildman–Crippen LogP) is 6.36. The van der Waals surface area contributed by atoms with Crippen LogP contribution in [0.1, 0.15) is 47.4 Å². The van der Waals surface area contributed by atoms with Crippen molar-refractivity contribution in [1.82, 2.24) is 24.1 Å². The summed E-state index contributed by atoms with van der Waals surface area (Å²) in [6, 6.07) is 17.0. The van der Waals surface area contributed by atoms with Crippen molar-refractivity contribution >= 4 is 33.4 Å². The molecule has 45 heavy (non-hydrogen) atoms. The molecule has 2 N–H and O–H groups in total. The van der Waals surface area contributed by atoms with E-state index in [2.05, 4.69) is 58.1 Å². The second-order valence-corrected chi connectivity index (χ2v) is 13.3. The highest BCUT2D eigenvalue weighted by atomic mass is 16.5. The molecule has 0 radical (unpaired) electrons. The Hall–Kier alpha value is -4.63. The third kappa shape index (κ3) is 4.06. The van der Waals surface area contributed by atoms with Crippen LogP contribution in [-0.4, -0.2) is 55.7 Å². The van der Waals surface area contributed by atoms with Gasteiger partial charge in [0, 0.05) is 53.4 Å². The first-order valence-electron chi connectivity index (χ1n) is 16.0. The molecule has 0 spiro atoms. The van der Waals surface area contributed by atoms with Crippen molar-refractivity contribution in [3.8, 4) is 28.3 Å². The van der Waals surface area contributed by atoms with Crippen LogP contribution in [0.15, 0.2) is 59.1 Å². The zero-order chi connectivity index (χ0) is 30.6. The van der Waals surface area contributed by atoms with Crippen molar-refractivity contribution in [2.24, 2.45) is 17.6 Å². The summed E-state index contributed by atoms with van der Waals surface area (Å²) in [5, 5.41) is 10.6. The van der Waals surface area contributed by atoms with Crippen molar-refractivity contribution in [2.75, 3.05) is 13.7 Å². The number of fused-ring (bicyclic) bond motifs is 5. The minimum absolute atomic E-state index is 0.00306. The summed E-state index contributed by atoms with van der Waals surface area (Å²) in [7, 11) is 1.66. The van der Waals surface area contributed by atoms with E-state index in [1.54, 1.807) is 7.11 Å². The predicted molar refractivity (Wildman–Crippen MR) is 173 cm³/mol. The fraction of sp³-hybridized carbons (Fsp3) is 0.361. The van der Waals surface area contributed by atoms with Crippen LogP contribution in [0.25, 0.3) is 50.1 Å². The van der Waals surface area contributed by atoms with Crippen LogP contribution in [0.4, 0.5) is 0 Å². The zero-order valence-electron chi connectivity index (χ0n) is 25.8. The van der Waals surface area contributed by atoms with Crippen LogP contribution < -0.4 is 10.5 Å². The molecule has 1 saturated heterocycles. The highest BCUT2D eigenvalue weighted by molar-refractivity contribution is 6.02. The third-order valence-corrected chi connectivity index (χ3v) is 10.6. The van der Waals surface area contributed by atoms with Gasteiger partial charge in [0.05, 0.1) is 18.2 Å².